The summed E-state index contributed by atoms with van der Waals surface area (Å²) in [5, 5.41) is 14.5. The molecule has 5 aromatic rings. The van der Waals surface area contributed by atoms with E-state index in [1.165, 1.54) is 7.05 Å². The van der Waals surface area contributed by atoms with E-state index in [4.69, 9.17) is 15.2 Å². The summed E-state index contributed by atoms with van der Waals surface area (Å²) in [6.07, 6.45) is 0.460. The number of nitrogens with two attached hydrogens (primary N) is 1. The zero-order valence-electron chi connectivity index (χ0n) is 38.2. The van der Waals surface area contributed by atoms with Crippen LogP contribution in [0.3, 0.4) is 0 Å². The van der Waals surface area contributed by atoms with Crippen molar-refractivity contribution in [1.82, 2.24) is 31.2 Å². The number of rotatable bonds is 23. The van der Waals surface area contributed by atoms with Gasteiger partial charge in [0.1, 0.15) is 30.8 Å². The summed E-state index contributed by atoms with van der Waals surface area (Å²) in [5.41, 5.74) is 10.3. The molecule has 0 saturated carbocycles. The standard InChI is InChI=1S/C50H60N8O9/c1-32(2)67-50(65)57-41(28-36-30-53-39-24-14-12-22-37(36)39)47(62)54-40(25-15-16-26-52-49(64)56-38-23-13-11-17-33(38)3)46(61)55-42(29-44(59)66-31-35-20-9-6-10-21-35)48(63)58(4)43(45(51)60)27-34-18-7-5-8-19-34/h5-14,17-24,30,32,40-43,53H,15-16,25-29,31H2,1-4H3,(H2,51,60)(H,54,62)(H,55,61)(H,57,65)(H2,52,56,64)/t40-,41-,42-,43-/m0/s1. The molecule has 4 aromatic carbocycles. The highest BCUT2D eigenvalue weighted by molar-refractivity contribution is 5.97. The Kier molecular flexibility index (Phi) is 18.9. The van der Waals surface area contributed by atoms with Crippen molar-refractivity contribution < 1.29 is 43.0 Å². The third-order valence-corrected chi connectivity index (χ3v) is 10.9. The number of H-pyrrole nitrogens is 1. The second kappa shape index (κ2) is 25.1. The van der Waals surface area contributed by atoms with Gasteiger partial charge in [0.25, 0.3) is 0 Å². The van der Waals surface area contributed by atoms with Gasteiger partial charge in [0.15, 0.2) is 0 Å². The van der Waals surface area contributed by atoms with Crippen molar-refractivity contribution in [2.75, 3.05) is 18.9 Å². The number of aryl methyl sites for hydroxylation is 1. The van der Waals surface area contributed by atoms with Gasteiger partial charge in [-0.15, -0.1) is 0 Å². The van der Waals surface area contributed by atoms with E-state index in [9.17, 15) is 33.6 Å². The number of likely N-dealkylation sites (N-methyl/N-ethyl adjacent to an activating group) is 1. The number of fused-ring (bicyclic) bond motifs is 1. The Morgan fingerprint density at radius 2 is 1.34 bits per heavy atom. The number of aromatic amines is 1. The smallest absolute Gasteiger partial charge is 0.408 e. The summed E-state index contributed by atoms with van der Waals surface area (Å²) in [6.45, 7) is 5.29. The summed E-state index contributed by atoms with van der Waals surface area (Å²) in [6, 6.07) is 26.8. The van der Waals surface area contributed by atoms with Gasteiger partial charge in [0.2, 0.25) is 23.6 Å². The minimum atomic E-state index is -1.58. The second-order valence-electron chi connectivity index (χ2n) is 16.4. The Morgan fingerprint density at radius 3 is 2.03 bits per heavy atom. The van der Waals surface area contributed by atoms with Gasteiger partial charge in [0.05, 0.1) is 12.5 Å². The molecule has 0 fully saturated rings. The van der Waals surface area contributed by atoms with Crippen LogP contribution in [0.1, 0.15) is 61.8 Å². The lowest BCUT2D eigenvalue weighted by Gasteiger charge is -2.31. The normalized spacial score (nSPS) is 12.7. The molecular weight excluding hydrogens is 857 g/mol. The summed E-state index contributed by atoms with van der Waals surface area (Å²) in [7, 11) is 1.36. The van der Waals surface area contributed by atoms with E-state index in [0.717, 1.165) is 21.4 Å². The fourth-order valence-electron chi connectivity index (χ4n) is 7.32. The predicted octanol–water partition coefficient (Wildman–Crippen LogP) is 5.17. The maximum atomic E-state index is 14.5. The number of para-hydroxylation sites is 2. The molecule has 7 amide bonds. The van der Waals surface area contributed by atoms with Crippen molar-refractivity contribution in [2.45, 2.75) is 96.2 Å². The van der Waals surface area contributed by atoms with E-state index in [1.54, 1.807) is 86.8 Å². The van der Waals surface area contributed by atoms with Crippen LogP contribution >= 0.6 is 0 Å². The molecule has 67 heavy (non-hydrogen) atoms. The Balaban J connectivity index is 1.39. The SMILES string of the molecule is Cc1ccccc1NC(=O)NCCCC[C@H](NC(=O)[C@H](Cc1c[nH]c2ccccc12)NC(=O)OC(C)C)C(=O)N[C@@H](CC(=O)OCc1ccccc1)C(=O)N(C)[C@@H](Cc1ccccc1)C(N)=O. The van der Waals surface area contributed by atoms with Gasteiger partial charge >= 0.3 is 18.1 Å². The first-order chi connectivity index (χ1) is 32.2. The largest absolute Gasteiger partial charge is 0.461 e. The molecule has 0 aliphatic rings. The maximum Gasteiger partial charge on any atom is 0.408 e. The first kappa shape index (κ1) is 50.3. The Bertz CT molecular complexity index is 2460. The fraction of sp³-hybridized carbons (Fsp3) is 0.340. The number of anilines is 1. The number of urea groups is 1. The number of ether oxygens (including phenoxy) is 2. The minimum Gasteiger partial charge on any atom is -0.461 e. The monoisotopic (exact) mass is 916 g/mol. The average Bonchev–Trinajstić information content (AvgIpc) is 3.72. The first-order valence-corrected chi connectivity index (χ1v) is 22.2. The first-order valence-electron chi connectivity index (χ1n) is 22.2. The second-order valence-corrected chi connectivity index (χ2v) is 16.4. The molecule has 8 N–H and O–H groups in total. The van der Waals surface area contributed by atoms with Crippen molar-refractivity contribution in [3.63, 3.8) is 0 Å². The molecule has 17 heteroatoms. The van der Waals surface area contributed by atoms with Crippen LogP contribution < -0.4 is 32.3 Å². The number of unbranched alkanes of at least 4 members (excludes halogenated alkanes) is 1. The number of nitrogens with one attached hydrogen (secondary N) is 6. The van der Waals surface area contributed by atoms with Crippen LogP contribution in [0.25, 0.3) is 10.9 Å². The third-order valence-electron chi connectivity index (χ3n) is 10.9. The van der Waals surface area contributed by atoms with Gasteiger partial charge in [-0.05, 0) is 74.4 Å². The van der Waals surface area contributed by atoms with Crippen LogP contribution in [0.4, 0.5) is 15.3 Å². The highest BCUT2D eigenvalue weighted by atomic mass is 16.6. The maximum absolute atomic E-state index is 14.5. The van der Waals surface area contributed by atoms with Gasteiger partial charge in [-0.2, -0.15) is 0 Å². The number of esters is 1. The Labute approximate surface area is 389 Å². The van der Waals surface area contributed by atoms with Gasteiger partial charge in [-0.25, -0.2) is 9.59 Å². The fourth-order valence-corrected chi connectivity index (χ4v) is 7.32. The highest BCUT2D eigenvalue weighted by Gasteiger charge is 2.35. The molecule has 0 spiro atoms. The number of carbonyl (C=O) groups is 7. The summed E-state index contributed by atoms with van der Waals surface area (Å²) in [4.78, 5) is 99.5. The molecule has 0 unspecified atom stereocenters. The zero-order chi connectivity index (χ0) is 48.3. The molecule has 4 atom stereocenters. The lowest BCUT2D eigenvalue weighted by molar-refractivity contribution is -0.150. The molecule has 0 bridgehead atoms. The number of nitrogens with zero attached hydrogens (tertiary/aromatic N) is 1. The third kappa shape index (κ3) is 15.8. The van der Waals surface area contributed by atoms with Crippen LogP contribution in [0.15, 0.2) is 115 Å². The lowest BCUT2D eigenvalue weighted by atomic mass is 10.0. The predicted molar refractivity (Wildman–Crippen MR) is 253 cm³/mol. The van der Waals surface area contributed by atoms with E-state index in [2.05, 4.69) is 31.6 Å². The van der Waals surface area contributed by atoms with Crippen LogP contribution in [0.5, 0.6) is 0 Å². The van der Waals surface area contributed by atoms with E-state index < -0.39 is 78.4 Å². The molecule has 0 aliphatic carbocycles. The summed E-state index contributed by atoms with van der Waals surface area (Å²) < 4.78 is 10.8. The molecule has 0 radical (unpaired) electrons. The van der Waals surface area contributed by atoms with E-state index >= 15 is 0 Å². The van der Waals surface area contributed by atoms with Crippen LogP contribution in [-0.4, -0.2) is 95.5 Å². The number of alkyl carbamates (subject to hydrolysis) is 1. The number of hydrogen-bond acceptors (Lipinski definition) is 9. The van der Waals surface area contributed by atoms with E-state index in [0.29, 0.717) is 28.8 Å². The zero-order valence-corrected chi connectivity index (χ0v) is 38.2. The molecule has 354 valence electrons. The molecule has 1 heterocycles. The molecule has 0 aliphatic heterocycles. The van der Waals surface area contributed by atoms with E-state index in [1.807, 2.05) is 49.4 Å². The highest BCUT2D eigenvalue weighted by Crippen LogP contribution is 2.20. The van der Waals surface area contributed by atoms with Crippen molar-refractivity contribution in [2.24, 2.45) is 5.73 Å². The molecule has 0 saturated heterocycles. The van der Waals surface area contributed by atoms with Crippen LogP contribution in [-0.2, 0) is 52.9 Å². The Morgan fingerprint density at radius 1 is 0.716 bits per heavy atom. The van der Waals surface area contributed by atoms with Crippen molar-refractivity contribution in [1.29, 1.82) is 0 Å². The number of benzene rings is 4. The number of carbonyl (C=O) groups excluding carboxylic acids is 7. The molecule has 17 nitrogen and oxygen atoms in total. The van der Waals surface area contributed by atoms with Gasteiger partial charge in [-0.3, -0.25) is 24.0 Å². The topological polar surface area (TPSA) is 243 Å². The number of hydrogen-bond donors (Lipinski definition) is 7. The lowest BCUT2D eigenvalue weighted by Crippen LogP contribution is -2.59. The average molecular weight is 917 g/mol. The van der Waals surface area contributed by atoms with Crippen LogP contribution in [0.2, 0.25) is 0 Å². The number of aromatic nitrogens is 1. The molecule has 5 rings (SSSR count). The minimum absolute atomic E-state index is 0.00202. The van der Waals surface area contributed by atoms with Gasteiger partial charge in [0, 0.05) is 49.2 Å². The summed E-state index contributed by atoms with van der Waals surface area (Å²) in [5.74, 6) is -4.02. The van der Waals surface area contributed by atoms with Crippen LogP contribution in [0, 0.1) is 6.92 Å². The van der Waals surface area contributed by atoms with Gasteiger partial charge < -0.3 is 51.7 Å². The van der Waals surface area contributed by atoms with Gasteiger partial charge in [-0.1, -0.05) is 97.1 Å². The molecular formula is C50H60N8O9. The Hall–Kier alpha value is -7.69. The van der Waals surface area contributed by atoms with Crippen molar-refractivity contribution in [3.8, 4) is 0 Å². The summed E-state index contributed by atoms with van der Waals surface area (Å²) >= 11 is 0. The number of amides is 7. The van der Waals surface area contributed by atoms with Crippen molar-refractivity contribution >= 4 is 58.3 Å². The van der Waals surface area contributed by atoms with E-state index in [-0.39, 0.29) is 38.8 Å². The number of primary amides is 1. The quantitative estimate of drug-likeness (QED) is 0.0337. The molecule has 1 aromatic heterocycles. The van der Waals surface area contributed by atoms with Crippen molar-refractivity contribution in [3.05, 3.63) is 138 Å².